The molecular weight excluding hydrogens is 393 g/mol. The number of fused-ring (bicyclic) bond motifs is 1. The summed E-state index contributed by atoms with van der Waals surface area (Å²) in [5.74, 6) is -0.126. The first-order chi connectivity index (χ1) is 14.7. The Labute approximate surface area is 183 Å². The van der Waals surface area contributed by atoms with E-state index in [1.807, 2.05) is 20.0 Å². The minimum atomic E-state index is -0.588. The quantitative estimate of drug-likeness (QED) is 0.512. The zero-order chi connectivity index (χ0) is 22.8. The summed E-state index contributed by atoms with van der Waals surface area (Å²) in [4.78, 5) is 14.7. The maximum Gasteiger partial charge on any atom is 0.266 e. The van der Waals surface area contributed by atoms with Gasteiger partial charge < -0.3 is 15.0 Å². The lowest BCUT2D eigenvalue weighted by atomic mass is 9.80. The van der Waals surface area contributed by atoms with Gasteiger partial charge in [-0.05, 0) is 81.1 Å². The zero-order valence-electron chi connectivity index (χ0n) is 18.6. The summed E-state index contributed by atoms with van der Waals surface area (Å²) in [7, 11) is 1.96. The third-order valence-electron chi connectivity index (χ3n) is 5.84. The number of carbonyl (C=O) groups is 1. The normalized spacial score (nSPS) is 17.5. The standard InChI is InChI=1S/C25H28FN3O2/c1-6-31-20-9-7-19(8-10-20)28-24(30)18(15-27)11-17-12-21-16(2)14-25(3,4)29(5)23(21)13-22(17)26/h7-13,16H,6,14H2,1-5H3,(H,28,30)/b18-11+. The number of nitrogens with zero attached hydrogens (tertiary/aromatic N) is 2. The Kier molecular flexibility index (Phi) is 6.35. The molecule has 1 amide bonds. The second-order valence-corrected chi connectivity index (χ2v) is 8.49. The van der Waals surface area contributed by atoms with Crippen LogP contribution in [-0.4, -0.2) is 25.1 Å². The number of halogens is 1. The highest BCUT2D eigenvalue weighted by atomic mass is 19.1. The van der Waals surface area contributed by atoms with Crippen LogP contribution >= 0.6 is 0 Å². The van der Waals surface area contributed by atoms with Gasteiger partial charge in [-0.1, -0.05) is 6.92 Å². The van der Waals surface area contributed by atoms with Crippen molar-refractivity contribution >= 4 is 23.4 Å². The molecule has 5 nitrogen and oxygen atoms in total. The summed E-state index contributed by atoms with van der Waals surface area (Å²) in [6.45, 7) is 8.82. The van der Waals surface area contributed by atoms with Crippen LogP contribution in [0.1, 0.15) is 51.2 Å². The molecule has 31 heavy (non-hydrogen) atoms. The molecule has 0 aliphatic carbocycles. The van der Waals surface area contributed by atoms with Gasteiger partial charge in [-0.25, -0.2) is 4.39 Å². The van der Waals surface area contributed by atoms with Gasteiger partial charge in [0, 0.05) is 29.5 Å². The Morgan fingerprint density at radius 3 is 2.65 bits per heavy atom. The number of ether oxygens (including phenoxy) is 1. The SMILES string of the molecule is CCOc1ccc(NC(=O)/C(C#N)=C/c2cc3c(cc2F)N(C)C(C)(C)CC3C)cc1. The smallest absolute Gasteiger partial charge is 0.266 e. The van der Waals surface area contributed by atoms with E-state index in [4.69, 9.17) is 4.74 Å². The van der Waals surface area contributed by atoms with E-state index in [9.17, 15) is 14.4 Å². The molecule has 2 aromatic carbocycles. The van der Waals surface area contributed by atoms with Crippen molar-refractivity contribution in [3.63, 3.8) is 0 Å². The van der Waals surface area contributed by atoms with Crippen LogP contribution in [0.3, 0.4) is 0 Å². The monoisotopic (exact) mass is 421 g/mol. The highest BCUT2D eigenvalue weighted by Crippen LogP contribution is 2.43. The van der Waals surface area contributed by atoms with E-state index in [0.29, 0.717) is 18.0 Å². The summed E-state index contributed by atoms with van der Waals surface area (Å²) >= 11 is 0. The number of hydrogen-bond donors (Lipinski definition) is 1. The number of carbonyl (C=O) groups excluding carboxylic acids is 1. The minimum absolute atomic E-state index is 0.0777. The average Bonchev–Trinajstić information content (AvgIpc) is 2.72. The summed E-state index contributed by atoms with van der Waals surface area (Å²) in [6.07, 6.45) is 2.24. The van der Waals surface area contributed by atoms with Crippen molar-refractivity contribution in [2.75, 3.05) is 23.9 Å². The van der Waals surface area contributed by atoms with Crippen LogP contribution in [-0.2, 0) is 4.79 Å². The van der Waals surface area contributed by atoms with Crippen molar-refractivity contribution in [3.05, 3.63) is 58.9 Å². The fourth-order valence-electron chi connectivity index (χ4n) is 4.02. The minimum Gasteiger partial charge on any atom is -0.494 e. The summed E-state index contributed by atoms with van der Waals surface area (Å²) in [5, 5.41) is 12.2. The predicted octanol–water partition coefficient (Wildman–Crippen LogP) is 5.49. The van der Waals surface area contributed by atoms with Gasteiger partial charge >= 0.3 is 0 Å². The molecule has 3 rings (SSSR count). The van der Waals surface area contributed by atoms with Crippen LogP contribution in [0.4, 0.5) is 15.8 Å². The first kappa shape index (κ1) is 22.4. The van der Waals surface area contributed by atoms with Crippen LogP contribution in [0.5, 0.6) is 5.75 Å². The highest BCUT2D eigenvalue weighted by molar-refractivity contribution is 6.09. The van der Waals surface area contributed by atoms with Crippen molar-refractivity contribution in [3.8, 4) is 11.8 Å². The van der Waals surface area contributed by atoms with Crippen LogP contribution in [0.15, 0.2) is 42.0 Å². The molecule has 1 heterocycles. The predicted molar refractivity (Wildman–Crippen MR) is 122 cm³/mol. The number of nitriles is 1. The maximum atomic E-state index is 14.9. The molecule has 0 aromatic heterocycles. The topological polar surface area (TPSA) is 65.4 Å². The Morgan fingerprint density at radius 1 is 1.35 bits per heavy atom. The number of amides is 1. The second-order valence-electron chi connectivity index (χ2n) is 8.49. The first-order valence-corrected chi connectivity index (χ1v) is 10.4. The molecule has 0 saturated carbocycles. The highest BCUT2D eigenvalue weighted by Gasteiger charge is 2.34. The molecule has 0 saturated heterocycles. The number of rotatable bonds is 5. The van der Waals surface area contributed by atoms with Crippen molar-refractivity contribution in [1.29, 1.82) is 5.26 Å². The largest absolute Gasteiger partial charge is 0.494 e. The van der Waals surface area contributed by atoms with E-state index >= 15 is 0 Å². The molecule has 0 fully saturated rings. The van der Waals surface area contributed by atoms with E-state index in [1.165, 1.54) is 12.1 Å². The molecular formula is C25H28FN3O2. The van der Waals surface area contributed by atoms with E-state index in [-0.39, 0.29) is 22.6 Å². The van der Waals surface area contributed by atoms with Crippen LogP contribution < -0.4 is 15.0 Å². The Morgan fingerprint density at radius 2 is 2.03 bits per heavy atom. The van der Waals surface area contributed by atoms with Gasteiger partial charge in [0.05, 0.1) is 6.61 Å². The Bertz CT molecular complexity index is 1050. The zero-order valence-corrected chi connectivity index (χ0v) is 18.6. The molecule has 1 N–H and O–H groups in total. The van der Waals surface area contributed by atoms with Crippen LogP contribution in [0.25, 0.3) is 6.08 Å². The third-order valence-corrected chi connectivity index (χ3v) is 5.84. The maximum absolute atomic E-state index is 14.9. The number of nitrogens with one attached hydrogen (secondary N) is 1. The summed E-state index contributed by atoms with van der Waals surface area (Å²) in [6, 6.07) is 12.0. The van der Waals surface area contributed by atoms with Crippen molar-refractivity contribution < 1.29 is 13.9 Å². The van der Waals surface area contributed by atoms with Gasteiger partial charge in [0.2, 0.25) is 0 Å². The van der Waals surface area contributed by atoms with Gasteiger partial charge in [-0.3, -0.25) is 4.79 Å². The molecule has 1 atom stereocenters. The number of hydrogen-bond acceptors (Lipinski definition) is 4. The lowest BCUT2D eigenvalue weighted by Gasteiger charge is -2.45. The van der Waals surface area contributed by atoms with Gasteiger partial charge in [0.25, 0.3) is 5.91 Å². The first-order valence-electron chi connectivity index (χ1n) is 10.4. The summed E-state index contributed by atoms with van der Waals surface area (Å²) in [5.41, 5.74) is 2.38. The van der Waals surface area contributed by atoms with E-state index in [1.54, 1.807) is 30.3 Å². The third kappa shape index (κ3) is 4.72. The van der Waals surface area contributed by atoms with Crippen molar-refractivity contribution in [2.45, 2.75) is 45.6 Å². The van der Waals surface area contributed by atoms with Gasteiger partial charge in [-0.2, -0.15) is 5.26 Å². The number of anilines is 2. The van der Waals surface area contributed by atoms with Crippen LogP contribution in [0, 0.1) is 17.1 Å². The lowest BCUT2D eigenvalue weighted by molar-refractivity contribution is -0.112. The van der Waals surface area contributed by atoms with Gasteiger partial charge in [0.1, 0.15) is 23.2 Å². The van der Waals surface area contributed by atoms with E-state index in [0.717, 1.165) is 17.7 Å². The van der Waals surface area contributed by atoms with Crippen LogP contribution in [0.2, 0.25) is 0 Å². The molecule has 0 bridgehead atoms. The number of benzene rings is 2. The summed E-state index contributed by atoms with van der Waals surface area (Å²) < 4.78 is 20.3. The van der Waals surface area contributed by atoms with E-state index < -0.39 is 11.7 Å². The van der Waals surface area contributed by atoms with E-state index in [2.05, 4.69) is 31.0 Å². The molecule has 1 aliphatic rings. The molecule has 2 aromatic rings. The molecule has 1 unspecified atom stereocenters. The average molecular weight is 422 g/mol. The Hall–Kier alpha value is -3.33. The van der Waals surface area contributed by atoms with Crippen molar-refractivity contribution in [2.24, 2.45) is 0 Å². The molecule has 162 valence electrons. The fourth-order valence-corrected chi connectivity index (χ4v) is 4.02. The molecule has 0 spiro atoms. The lowest BCUT2D eigenvalue weighted by Crippen LogP contribution is -2.45. The second kappa shape index (κ2) is 8.81. The van der Waals surface area contributed by atoms with Crippen molar-refractivity contribution in [1.82, 2.24) is 0 Å². The molecule has 6 heteroatoms. The van der Waals surface area contributed by atoms with Gasteiger partial charge in [-0.15, -0.1) is 0 Å². The fraction of sp³-hybridized carbons (Fsp3) is 0.360. The Balaban J connectivity index is 1.88. The molecule has 0 radical (unpaired) electrons. The molecule has 1 aliphatic heterocycles. The van der Waals surface area contributed by atoms with Gasteiger partial charge in [0.15, 0.2) is 0 Å².